The van der Waals surface area contributed by atoms with Crippen LogP contribution in [0.5, 0.6) is 5.75 Å². The van der Waals surface area contributed by atoms with Crippen LogP contribution in [-0.2, 0) is 15.6 Å². The fourth-order valence-electron chi connectivity index (χ4n) is 3.83. The number of hydrogen-bond donors (Lipinski definition) is 2. The second-order valence-corrected chi connectivity index (χ2v) is 9.39. The van der Waals surface area contributed by atoms with E-state index >= 15 is 0 Å². The first-order valence-corrected chi connectivity index (χ1v) is 10.8. The number of halogens is 3. The van der Waals surface area contributed by atoms with Gasteiger partial charge in [0.25, 0.3) is 0 Å². The highest BCUT2D eigenvalue weighted by Crippen LogP contribution is 2.46. The molecule has 9 heteroatoms. The molecule has 1 atom stereocenters. The van der Waals surface area contributed by atoms with Crippen molar-refractivity contribution in [1.82, 2.24) is 10.0 Å². The number of hydrogen-bond acceptors (Lipinski definition) is 4. The number of rotatable bonds is 5. The second-order valence-electron chi connectivity index (χ2n) is 7.71. The minimum atomic E-state index is -4.83. The number of piperidine rings is 1. The molecule has 1 heterocycles. The van der Waals surface area contributed by atoms with Crippen LogP contribution in [0.2, 0.25) is 0 Å². The lowest BCUT2D eigenvalue weighted by molar-refractivity contribution is -0.274. The summed E-state index contributed by atoms with van der Waals surface area (Å²) >= 11 is 0. The highest BCUT2D eigenvalue weighted by molar-refractivity contribution is 7.89. The molecule has 0 radical (unpaired) electrons. The molecule has 2 fully saturated rings. The number of alkyl halides is 3. The Morgan fingerprint density at radius 2 is 1.55 bits per heavy atom. The number of nitrogens with one attached hydrogen (secondary N) is 2. The Labute approximate surface area is 167 Å². The van der Waals surface area contributed by atoms with Crippen LogP contribution in [-0.4, -0.2) is 26.9 Å². The normalized spacial score (nSPS) is 23.7. The first-order valence-electron chi connectivity index (χ1n) is 9.32. The lowest BCUT2D eigenvalue weighted by Gasteiger charge is -2.42. The monoisotopic (exact) mass is 426 g/mol. The average Bonchev–Trinajstić information content (AvgIpc) is 3.43. The van der Waals surface area contributed by atoms with Crippen molar-refractivity contribution in [2.75, 3.05) is 6.54 Å². The fourth-order valence-corrected chi connectivity index (χ4v) is 5.25. The van der Waals surface area contributed by atoms with E-state index in [9.17, 15) is 21.6 Å². The molecule has 1 saturated heterocycles. The molecule has 0 unspecified atom stereocenters. The van der Waals surface area contributed by atoms with Crippen molar-refractivity contribution in [3.05, 3.63) is 60.2 Å². The fraction of sp³-hybridized carbons (Fsp3) is 0.400. The zero-order valence-electron chi connectivity index (χ0n) is 15.5. The molecule has 1 aliphatic carbocycles. The maximum absolute atomic E-state index is 13.1. The molecule has 4 rings (SSSR count). The van der Waals surface area contributed by atoms with Crippen LogP contribution in [0.4, 0.5) is 13.2 Å². The van der Waals surface area contributed by atoms with Crippen LogP contribution < -0.4 is 14.8 Å². The molecule has 29 heavy (non-hydrogen) atoms. The van der Waals surface area contributed by atoms with E-state index in [2.05, 4.69) is 14.8 Å². The van der Waals surface area contributed by atoms with Gasteiger partial charge in [0.15, 0.2) is 0 Å². The molecule has 156 valence electrons. The molecule has 0 amide bonds. The molecule has 2 aromatic carbocycles. The number of sulfonamides is 1. The third-order valence-corrected chi connectivity index (χ3v) is 7.23. The predicted octanol–water partition coefficient (Wildman–Crippen LogP) is 3.68. The summed E-state index contributed by atoms with van der Waals surface area (Å²) in [5.74, 6) is -0.468. The van der Waals surface area contributed by atoms with Crippen LogP contribution in [0.15, 0.2) is 59.5 Å². The van der Waals surface area contributed by atoms with E-state index in [1.54, 1.807) is 0 Å². The van der Waals surface area contributed by atoms with E-state index in [1.165, 1.54) is 0 Å². The van der Waals surface area contributed by atoms with Crippen molar-refractivity contribution < 1.29 is 26.3 Å². The second kappa shape index (κ2) is 7.00. The zero-order valence-corrected chi connectivity index (χ0v) is 16.3. The van der Waals surface area contributed by atoms with Gasteiger partial charge in [-0.2, -0.15) is 4.72 Å². The summed E-state index contributed by atoms with van der Waals surface area (Å²) in [4.78, 5) is -0.117. The topological polar surface area (TPSA) is 67.4 Å². The maximum Gasteiger partial charge on any atom is 0.573 e. The summed E-state index contributed by atoms with van der Waals surface area (Å²) in [5, 5.41) is 3.50. The lowest BCUT2D eigenvalue weighted by atomic mass is 9.81. The summed E-state index contributed by atoms with van der Waals surface area (Å²) in [5.41, 5.74) is 0.152. The molecular weight excluding hydrogens is 405 g/mol. The van der Waals surface area contributed by atoms with E-state index in [0.29, 0.717) is 13.0 Å². The minimum Gasteiger partial charge on any atom is -0.406 e. The van der Waals surface area contributed by atoms with Gasteiger partial charge in [0.05, 0.1) is 10.4 Å². The Kier molecular flexibility index (Phi) is 4.87. The van der Waals surface area contributed by atoms with Gasteiger partial charge in [0.2, 0.25) is 10.0 Å². The van der Waals surface area contributed by atoms with E-state index in [4.69, 9.17) is 0 Å². The van der Waals surface area contributed by atoms with Crippen molar-refractivity contribution in [3.63, 3.8) is 0 Å². The highest BCUT2D eigenvalue weighted by atomic mass is 32.2. The van der Waals surface area contributed by atoms with Crippen LogP contribution in [0.3, 0.4) is 0 Å². The molecule has 2 aromatic rings. The van der Waals surface area contributed by atoms with Crippen LogP contribution in [0, 0.1) is 0 Å². The largest absolute Gasteiger partial charge is 0.573 e. The Bertz CT molecular complexity index is 962. The van der Waals surface area contributed by atoms with E-state index in [-0.39, 0.29) is 10.4 Å². The van der Waals surface area contributed by atoms with Crippen LogP contribution in [0.1, 0.15) is 31.2 Å². The third kappa shape index (κ3) is 4.41. The van der Waals surface area contributed by atoms with Crippen molar-refractivity contribution in [1.29, 1.82) is 0 Å². The first-order chi connectivity index (χ1) is 13.6. The van der Waals surface area contributed by atoms with Gasteiger partial charge in [0, 0.05) is 12.1 Å². The van der Waals surface area contributed by atoms with E-state index in [1.807, 2.05) is 30.3 Å². The molecule has 1 saturated carbocycles. The first kappa shape index (κ1) is 20.2. The molecular formula is C20H21F3N2O3S. The third-order valence-electron chi connectivity index (χ3n) is 5.67. The van der Waals surface area contributed by atoms with Gasteiger partial charge in [0.1, 0.15) is 5.75 Å². The summed E-state index contributed by atoms with van der Waals surface area (Å²) in [7, 11) is -3.97. The van der Waals surface area contributed by atoms with Crippen LogP contribution in [0.25, 0.3) is 0 Å². The smallest absolute Gasteiger partial charge is 0.406 e. The highest BCUT2D eigenvalue weighted by Gasteiger charge is 2.51. The Balaban J connectivity index is 1.60. The molecule has 2 aliphatic rings. The summed E-state index contributed by atoms with van der Waals surface area (Å²) in [6, 6.07) is 13.6. The standard InChI is InChI=1S/C20H21F3N2O3S/c21-20(22,23)28-16-6-8-17(9-7-16)29(26,27)25-19(15-4-2-1-3-5-15)13-12-18(10-11-18)24-14-19/h1-9,24-25H,10-14H2/t19-/m1/s1. The molecule has 1 spiro atoms. The Morgan fingerprint density at radius 1 is 0.931 bits per heavy atom. The lowest BCUT2D eigenvalue weighted by Crippen LogP contribution is -2.58. The van der Waals surface area contributed by atoms with Crippen molar-refractivity contribution in [3.8, 4) is 5.75 Å². The van der Waals surface area contributed by atoms with E-state index < -0.39 is 27.7 Å². The SMILES string of the molecule is O=S(=O)(N[C@]1(c2ccccc2)CCC2(CC2)NC1)c1ccc(OC(F)(F)F)cc1. The molecule has 0 bridgehead atoms. The van der Waals surface area contributed by atoms with Crippen molar-refractivity contribution in [2.24, 2.45) is 0 Å². The van der Waals surface area contributed by atoms with Gasteiger partial charge < -0.3 is 10.1 Å². The molecule has 0 aromatic heterocycles. The number of ether oxygens (including phenoxy) is 1. The van der Waals surface area contributed by atoms with E-state index in [0.717, 1.165) is 49.1 Å². The number of benzene rings is 2. The van der Waals surface area contributed by atoms with Gasteiger partial charge in [-0.15, -0.1) is 13.2 Å². The van der Waals surface area contributed by atoms with Gasteiger partial charge in [-0.1, -0.05) is 30.3 Å². The minimum absolute atomic E-state index is 0.117. The maximum atomic E-state index is 13.1. The Morgan fingerprint density at radius 3 is 2.07 bits per heavy atom. The molecule has 1 aliphatic heterocycles. The van der Waals surface area contributed by atoms with Crippen molar-refractivity contribution in [2.45, 2.75) is 48.0 Å². The molecule has 2 N–H and O–H groups in total. The quantitative estimate of drug-likeness (QED) is 0.766. The predicted molar refractivity (Wildman–Crippen MR) is 101 cm³/mol. The van der Waals surface area contributed by atoms with Crippen LogP contribution >= 0.6 is 0 Å². The van der Waals surface area contributed by atoms with Gasteiger partial charge in [-0.25, -0.2) is 8.42 Å². The zero-order chi connectivity index (χ0) is 20.8. The Hall–Kier alpha value is -2.10. The molecule has 5 nitrogen and oxygen atoms in total. The van der Waals surface area contributed by atoms with Gasteiger partial charge in [-0.05, 0) is 55.5 Å². The summed E-state index contributed by atoms with van der Waals surface area (Å²) in [6.07, 6.45) is -1.17. The van der Waals surface area contributed by atoms with Gasteiger partial charge in [-0.3, -0.25) is 0 Å². The summed E-state index contributed by atoms with van der Waals surface area (Å²) in [6.45, 7) is 0.450. The van der Waals surface area contributed by atoms with Crippen molar-refractivity contribution >= 4 is 10.0 Å². The van der Waals surface area contributed by atoms with Gasteiger partial charge >= 0.3 is 6.36 Å². The summed E-state index contributed by atoms with van der Waals surface area (Å²) < 4.78 is 69.7. The average molecular weight is 426 g/mol.